The Kier molecular flexibility index (Phi) is 5.30. The van der Waals surface area contributed by atoms with Crippen LogP contribution in [0.5, 0.6) is 5.75 Å². The van der Waals surface area contributed by atoms with Gasteiger partial charge >= 0.3 is 0 Å². The van der Waals surface area contributed by atoms with Gasteiger partial charge in [-0.3, -0.25) is 0 Å². The highest BCUT2D eigenvalue weighted by molar-refractivity contribution is 7.99. The van der Waals surface area contributed by atoms with E-state index in [2.05, 4.69) is 20.4 Å². The molecule has 0 aliphatic carbocycles. The van der Waals surface area contributed by atoms with E-state index in [1.54, 1.807) is 19.2 Å². The lowest BCUT2D eigenvalue weighted by molar-refractivity contribution is 0.415. The Morgan fingerprint density at radius 2 is 1.66 bits per heavy atom. The zero-order chi connectivity index (χ0) is 20.4. The van der Waals surface area contributed by atoms with Crippen LogP contribution < -0.4 is 4.74 Å². The fourth-order valence-electron chi connectivity index (χ4n) is 2.73. The molecule has 0 aliphatic heterocycles. The van der Waals surface area contributed by atoms with Gasteiger partial charge < -0.3 is 13.7 Å². The largest absolute Gasteiger partial charge is 0.497 e. The molecule has 7 nitrogen and oxygen atoms in total. The number of halogens is 1. The topological polar surface area (TPSA) is 78.9 Å². The minimum atomic E-state index is -0.313. The van der Waals surface area contributed by atoms with Crippen LogP contribution in [0.3, 0.4) is 0 Å². The van der Waals surface area contributed by atoms with Gasteiger partial charge in [0.2, 0.25) is 11.8 Å². The highest BCUT2D eigenvalue weighted by Crippen LogP contribution is 2.35. The van der Waals surface area contributed by atoms with E-state index in [0.717, 1.165) is 22.3 Å². The minimum absolute atomic E-state index is 0.136. The number of aromatic nitrogens is 5. The zero-order valence-electron chi connectivity index (χ0n) is 16.0. The van der Waals surface area contributed by atoms with Crippen LogP contribution in [0.4, 0.5) is 4.39 Å². The van der Waals surface area contributed by atoms with Crippen molar-refractivity contribution in [2.75, 3.05) is 7.11 Å². The molecule has 4 aromatic rings. The molecule has 0 saturated carbocycles. The summed E-state index contributed by atoms with van der Waals surface area (Å²) in [6, 6.07) is 13.6. The number of benzene rings is 2. The van der Waals surface area contributed by atoms with Crippen molar-refractivity contribution in [2.45, 2.75) is 17.3 Å². The van der Waals surface area contributed by atoms with Gasteiger partial charge in [0.15, 0.2) is 11.0 Å². The molecular formula is C20H18FN5O2S. The molecule has 0 saturated heterocycles. The molecule has 0 unspecified atom stereocenters. The summed E-state index contributed by atoms with van der Waals surface area (Å²) < 4.78 is 26.0. The normalized spacial score (nSPS) is 12.1. The van der Waals surface area contributed by atoms with Crippen molar-refractivity contribution in [2.24, 2.45) is 7.05 Å². The molecule has 2 aromatic carbocycles. The van der Waals surface area contributed by atoms with E-state index in [-0.39, 0.29) is 11.1 Å². The quantitative estimate of drug-likeness (QED) is 0.431. The second kappa shape index (κ2) is 8.04. The number of hydrogen-bond acceptors (Lipinski definition) is 7. The number of ether oxygens (including phenoxy) is 1. The average Bonchev–Trinajstić information content (AvgIpc) is 3.37. The van der Waals surface area contributed by atoms with Gasteiger partial charge in [-0.25, -0.2) is 4.39 Å². The molecule has 148 valence electrons. The lowest BCUT2D eigenvalue weighted by atomic mass is 10.2. The Labute approximate surface area is 170 Å². The smallest absolute Gasteiger partial charge is 0.247 e. The molecule has 0 fully saturated rings. The Hall–Kier alpha value is -3.20. The van der Waals surface area contributed by atoms with Gasteiger partial charge in [0, 0.05) is 18.2 Å². The second-order valence-corrected chi connectivity index (χ2v) is 7.61. The summed E-state index contributed by atoms with van der Waals surface area (Å²) in [7, 11) is 3.54. The molecule has 4 rings (SSSR count). The fourth-order valence-corrected chi connectivity index (χ4v) is 3.57. The molecule has 2 aromatic heterocycles. The molecule has 9 heteroatoms. The fraction of sp³-hybridized carbons (Fsp3) is 0.200. The van der Waals surface area contributed by atoms with Crippen LogP contribution in [-0.4, -0.2) is 32.1 Å². The van der Waals surface area contributed by atoms with Gasteiger partial charge in [0.25, 0.3) is 0 Å². The molecule has 0 bridgehead atoms. The average molecular weight is 411 g/mol. The second-order valence-electron chi connectivity index (χ2n) is 6.31. The molecule has 0 N–H and O–H groups in total. The Morgan fingerprint density at radius 1 is 0.966 bits per heavy atom. The maximum Gasteiger partial charge on any atom is 0.247 e. The third-order valence-corrected chi connectivity index (χ3v) is 5.47. The van der Waals surface area contributed by atoms with Crippen LogP contribution >= 0.6 is 11.8 Å². The van der Waals surface area contributed by atoms with E-state index < -0.39 is 0 Å². The van der Waals surface area contributed by atoms with Crippen LogP contribution in [0.1, 0.15) is 18.1 Å². The van der Waals surface area contributed by atoms with Crippen molar-refractivity contribution in [3.8, 4) is 28.6 Å². The summed E-state index contributed by atoms with van der Waals surface area (Å²) in [5.41, 5.74) is 1.61. The lowest BCUT2D eigenvalue weighted by Gasteiger charge is -2.07. The summed E-state index contributed by atoms with van der Waals surface area (Å²) in [6.07, 6.45) is 0. The third kappa shape index (κ3) is 4.00. The number of nitrogens with zero attached hydrogens (tertiary/aromatic N) is 5. The number of hydrogen-bond donors (Lipinski definition) is 0. The van der Waals surface area contributed by atoms with Gasteiger partial charge in [-0.1, -0.05) is 11.8 Å². The van der Waals surface area contributed by atoms with Crippen LogP contribution in [-0.2, 0) is 7.05 Å². The standard InChI is InChI=1S/C20H18FN5O2S/c1-12(18-23-24-19(28-18)14-4-8-15(21)9-5-14)29-20-25-22-17(26(20)2)13-6-10-16(27-3)11-7-13/h4-12H,1-3H3/t12-/m1/s1. The van der Waals surface area contributed by atoms with E-state index in [1.165, 1.54) is 23.9 Å². The van der Waals surface area contributed by atoms with E-state index in [4.69, 9.17) is 9.15 Å². The summed E-state index contributed by atoms with van der Waals surface area (Å²) in [5, 5.41) is 17.4. The first-order chi connectivity index (χ1) is 14.0. The van der Waals surface area contributed by atoms with Gasteiger partial charge in [0.1, 0.15) is 11.6 Å². The molecule has 0 aliphatic rings. The number of thioether (sulfide) groups is 1. The van der Waals surface area contributed by atoms with E-state index in [1.807, 2.05) is 42.8 Å². The van der Waals surface area contributed by atoms with Gasteiger partial charge in [-0.15, -0.1) is 20.4 Å². The minimum Gasteiger partial charge on any atom is -0.497 e. The maximum atomic E-state index is 13.1. The summed E-state index contributed by atoms with van der Waals surface area (Å²) >= 11 is 1.47. The molecule has 2 heterocycles. The zero-order valence-corrected chi connectivity index (χ0v) is 16.9. The van der Waals surface area contributed by atoms with E-state index in [9.17, 15) is 4.39 Å². The Morgan fingerprint density at radius 3 is 2.34 bits per heavy atom. The first kappa shape index (κ1) is 19.1. The van der Waals surface area contributed by atoms with E-state index in [0.29, 0.717) is 17.3 Å². The number of rotatable bonds is 6. The van der Waals surface area contributed by atoms with Crippen molar-refractivity contribution in [3.63, 3.8) is 0 Å². The van der Waals surface area contributed by atoms with Crippen molar-refractivity contribution in [1.29, 1.82) is 0 Å². The van der Waals surface area contributed by atoms with Crippen molar-refractivity contribution >= 4 is 11.8 Å². The van der Waals surface area contributed by atoms with Gasteiger partial charge in [-0.2, -0.15) is 0 Å². The van der Waals surface area contributed by atoms with Crippen molar-refractivity contribution < 1.29 is 13.5 Å². The molecule has 0 amide bonds. The lowest BCUT2D eigenvalue weighted by Crippen LogP contribution is -1.97. The maximum absolute atomic E-state index is 13.1. The first-order valence-corrected chi connectivity index (χ1v) is 9.73. The summed E-state index contributed by atoms with van der Waals surface area (Å²) in [6.45, 7) is 1.95. The van der Waals surface area contributed by atoms with Crippen LogP contribution in [0, 0.1) is 5.82 Å². The van der Waals surface area contributed by atoms with Crippen LogP contribution in [0.25, 0.3) is 22.8 Å². The van der Waals surface area contributed by atoms with Gasteiger partial charge in [0.05, 0.1) is 12.4 Å². The van der Waals surface area contributed by atoms with E-state index >= 15 is 0 Å². The van der Waals surface area contributed by atoms with Gasteiger partial charge in [-0.05, 0) is 55.5 Å². The highest BCUT2D eigenvalue weighted by Gasteiger charge is 2.20. The molecule has 0 radical (unpaired) electrons. The Balaban J connectivity index is 1.51. The molecule has 0 spiro atoms. The predicted octanol–water partition coefficient (Wildman–Crippen LogP) is 4.53. The third-order valence-electron chi connectivity index (χ3n) is 4.34. The molecule has 29 heavy (non-hydrogen) atoms. The van der Waals surface area contributed by atoms with Crippen molar-refractivity contribution in [1.82, 2.24) is 25.0 Å². The van der Waals surface area contributed by atoms with Crippen molar-refractivity contribution in [3.05, 3.63) is 60.2 Å². The predicted molar refractivity (Wildman–Crippen MR) is 107 cm³/mol. The number of methoxy groups -OCH3 is 1. The molecule has 1 atom stereocenters. The highest BCUT2D eigenvalue weighted by atomic mass is 32.2. The SMILES string of the molecule is COc1ccc(-c2nnc(S[C@H](C)c3nnc(-c4ccc(F)cc4)o3)n2C)cc1. The first-order valence-electron chi connectivity index (χ1n) is 8.85. The van der Waals surface area contributed by atoms with Crippen LogP contribution in [0.2, 0.25) is 0 Å². The Bertz CT molecular complexity index is 1110. The monoisotopic (exact) mass is 411 g/mol. The summed E-state index contributed by atoms with van der Waals surface area (Å²) in [4.78, 5) is 0. The molecular weight excluding hydrogens is 393 g/mol. The summed E-state index contributed by atoms with van der Waals surface area (Å²) in [5.74, 6) is 2.03. The van der Waals surface area contributed by atoms with Crippen LogP contribution in [0.15, 0.2) is 58.1 Å².